The molecule has 2 rings (SSSR count). The van der Waals surface area contributed by atoms with Crippen molar-refractivity contribution in [1.82, 2.24) is 5.32 Å². The molecule has 0 aliphatic heterocycles. The summed E-state index contributed by atoms with van der Waals surface area (Å²) in [5, 5.41) is 3.53. The van der Waals surface area contributed by atoms with E-state index >= 15 is 0 Å². The van der Waals surface area contributed by atoms with E-state index in [4.69, 9.17) is 9.47 Å². The van der Waals surface area contributed by atoms with Crippen molar-refractivity contribution in [2.75, 3.05) is 13.7 Å². The maximum atomic E-state index is 5.83. The Morgan fingerprint density at radius 3 is 2.74 bits per heavy atom. The molecule has 1 aromatic rings. The summed E-state index contributed by atoms with van der Waals surface area (Å²) < 4.78 is 12.2. The fourth-order valence-corrected chi connectivity index (χ4v) is 3.42. The number of allylic oxidation sites excluding steroid dienone is 1. The first kappa shape index (κ1) is 18.3. The number of ether oxygens (including phenoxy) is 2. The van der Waals surface area contributed by atoms with Crippen molar-refractivity contribution in [3.63, 3.8) is 0 Å². The molecule has 0 unspecified atom stereocenters. The van der Waals surface area contributed by atoms with E-state index in [-0.39, 0.29) is 6.10 Å². The van der Waals surface area contributed by atoms with Crippen LogP contribution in [0.25, 0.3) is 0 Å². The van der Waals surface area contributed by atoms with Crippen LogP contribution in [-0.2, 0) is 6.54 Å². The van der Waals surface area contributed by atoms with Crippen LogP contribution in [0.5, 0.6) is 11.5 Å². The zero-order chi connectivity index (χ0) is 16.7. The predicted molar refractivity (Wildman–Crippen MR) is 99.3 cm³/mol. The highest BCUT2D eigenvalue weighted by Crippen LogP contribution is 2.37. The van der Waals surface area contributed by atoms with Gasteiger partial charge in [0.2, 0.25) is 0 Å². The molecular formula is C19H28BrNO2. The minimum Gasteiger partial charge on any atom is -0.493 e. The summed E-state index contributed by atoms with van der Waals surface area (Å²) in [6.07, 6.45) is 8.95. The molecule has 0 saturated heterocycles. The van der Waals surface area contributed by atoms with E-state index in [1.165, 1.54) is 31.2 Å². The highest BCUT2D eigenvalue weighted by Gasteiger charge is 2.13. The molecule has 1 aromatic carbocycles. The minimum absolute atomic E-state index is 0.118. The van der Waals surface area contributed by atoms with Crippen molar-refractivity contribution in [2.45, 2.75) is 58.6 Å². The second-order valence-corrected chi connectivity index (χ2v) is 7.16. The zero-order valence-electron chi connectivity index (χ0n) is 14.5. The molecule has 0 atom stereocenters. The highest BCUT2D eigenvalue weighted by molar-refractivity contribution is 9.10. The van der Waals surface area contributed by atoms with Crippen LogP contribution in [0, 0.1) is 0 Å². The van der Waals surface area contributed by atoms with E-state index < -0.39 is 0 Å². The maximum absolute atomic E-state index is 5.83. The number of hydrogen-bond donors (Lipinski definition) is 1. The first-order chi connectivity index (χ1) is 11.1. The summed E-state index contributed by atoms with van der Waals surface area (Å²) in [5.41, 5.74) is 2.81. The molecule has 0 aromatic heterocycles. The van der Waals surface area contributed by atoms with Gasteiger partial charge < -0.3 is 14.8 Å². The van der Waals surface area contributed by atoms with Gasteiger partial charge in [-0.25, -0.2) is 0 Å². The summed E-state index contributed by atoms with van der Waals surface area (Å²) in [6.45, 7) is 5.89. The summed E-state index contributed by atoms with van der Waals surface area (Å²) in [5.74, 6) is 1.55. The van der Waals surface area contributed by atoms with Crippen LogP contribution < -0.4 is 14.8 Å². The average Bonchev–Trinajstić information content (AvgIpc) is 2.54. The Morgan fingerprint density at radius 1 is 1.26 bits per heavy atom. The van der Waals surface area contributed by atoms with Crippen LogP contribution in [0.4, 0.5) is 0 Å². The van der Waals surface area contributed by atoms with Gasteiger partial charge in [0.15, 0.2) is 11.5 Å². The number of hydrogen-bond acceptors (Lipinski definition) is 3. The van der Waals surface area contributed by atoms with Gasteiger partial charge in [0.1, 0.15) is 0 Å². The Balaban J connectivity index is 1.89. The lowest BCUT2D eigenvalue weighted by atomic mass is 9.97. The van der Waals surface area contributed by atoms with Crippen LogP contribution >= 0.6 is 15.9 Å². The van der Waals surface area contributed by atoms with E-state index in [2.05, 4.69) is 39.5 Å². The molecule has 4 heteroatoms. The topological polar surface area (TPSA) is 30.5 Å². The summed E-state index contributed by atoms with van der Waals surface area (Å²) in [6, 6.07) is 4.16. The number of methoxy groups -OCH3 is 1. The number of nitrogens with one attached hydrogen (secondary N) is 1. The van der Waals surface area contributed by atoms with Gasteiger partial charge in [-0.15, -0.1) is 0 Å². The Morgan fingerprint density at radius 2 is 2.09 bits per heavy atom. The van der Waals surface area contributed by atoms with Gasteiger partial charge in [0.05, 0.1) is 17.7 Å². The maximum Gasteiger partial charge on any atom is 0.175 e. The summed E-state index contributed by atoms with van der Waals surface area (Å²) in [4.78, 5) is 0. The molecule has 0 amide bonds. The SMILES string of the molecule is COc1cc(CNCCC2=CCCCC2)cc(Br)c1OC(C)C. The molecule has 23 heavy (non-hydrogen) atoms. The predicted octanol–water partition coefficient (Wildman–Crippen LogP) is 5.23. The molecule has 1 N–H and O–H groups in total. The first-order valence-electron chi connectivity index (χ1n) is 8.52. The number of rotatable bonds is 8. The molecule has 0 saturated carbocycles. The lowest BCUT2D eigenvalue weighted by molar-refractivity contribution is 0.228. The van der Waals surface area contributed by atoms with Gasteiger partial charge in [-0.05, 0) is 86.1 Å². The van der Waals surface area contributed by atoms with Gasteiger partial charge in [0, 0.05) is 6.54 Å². The number of halogens is 1. The monoisotopic (exact) mass is 381 g/mol. The van der Waals surface area contributed by atoms with Crippen LogP contribution in [0.1, 0.15) is 51.5 Å². The Bertz CT molecular complexity index is 540. The van der Waals surface area contributed by atoms with Crippen LogP contribution in [0.15, 0.2) is 28.3 Å². The van der Waals surface area contributed by atoms with Crippen LogP contribution in [0.3, 0.4) is 0 Å². The molecule has 1 aliphatic carbocycles. The summed E-state index contributed by atoms with van der Waals surface area (Å²) >= 11 is 3.60. The number of benzene rings is 1. The third kappa shape index (κ3) is 5.85. The second kappa shape index (κ2) is 9.33. The normalized spacial score (nSPS) is 14.7. The van der Waals surface area contributed by atoms with Gasteiger partial charge in [-0.1, -0.05) is 11.6 Å². The van der Waals surface area contributed by atoms with Crippen LogP contribution in [0.2, 0.25) is 0 Å². The third-order valence-electron chi connectivity index (χ3n) is 3.98. The van der Waals surface area contributed by atoms with E-state index in [0.717, 1.165) is 35.5 Å². The largest absolute Gasteiger partial charge is 0.493 e. The van der Waals surface area contributed by atoms with E-state index in [0.29, 0.717) is 0 Å². The van der Waals surface area contributed by atoms with Gasteiger partial charge in [-0.2, -0.15) is 0 Å². The molecule has 0 bridgehead atoms. The Labute approximate surface area is 148 Å². The van der Waals surface area contributed by atoms with E-state index in [1.54, 1.807) is 12.7 Å². The molecule has 0 heterocycles. The first-order valence-corrected chi connectivity index (χ1v) is 9.31. The molecule has 3 nitrogen and oxygen atoms in total. The Hall–Kier alpha value is -1.00. The van der Waals surface area contributed by atoms with E-state index in [1.807, 2.05) is 13.8 Å². The van der Waals surface area contributed by atoms with Crippen molar-refractivity contribution in [3.8, 4) is 11.5 Å². The van der Waals surface area contributed by atoms with Gasteiger partial charge in [0.25, 0.3) is 0 Å². The van der Waals surface area contributed by atoms with Crippen molar-refractivity contribution in [2.24, 2.45) is 0 Å². The second-order valence-electron chi connectivity index (χ2n) is 6.31. The van der Waals surface area contributed by atoms with Crippen molar-refractivity contribution < 1.29 is 9.47 Å². The van der Waals surface area contributed by atoms with E-state index in [9.17, 15) is 0 Å². The minimum atomic E-state index is 0.118. The van der Waals surface area contributed by atoms with Gasteiger partial charge >= 0.3 is 0 Å². The average molecular weight is 382 g/mol. The third-order valence-corrected chi connectivity index (χ3v) is 4.57. The highest BCUT2D eigenvalue weighted by atomic mass is 79.9. The molecule has 0 spiro atoms. The molecule has 0 radical (unpaired) electrons. The molecule has 128 valence electrons. The van der Waals surface area contributed by atoms with Gasteiger partial charge in [-0.3, -0.25) is 0 Å². The van der Waals surface area contributed by atoms with Crippen molar-refractivity contribution >= 4 is 15.9 Å². The smallest absolute Gasteiger partial charge is 0.175 e. The van der Waals surface area contributed by atoms with Crippen molar-refractivity contribution in [1.29, 1.82) is 0 Å². The fraction of sp³-hybridized carbons (Fsp3) is 0.579. The summed E-state index contributed by atoms with van der Waals surface area (Å²) in [7, 11) is 1.68. The standard InChI is InChI=1S/C19H28BrNO2/c1-14(2)23-19-17(20)11-16(12-18(19)22-3)13-21-10-9-15-7-5-4-6-8-15/h7,11-12,14,21H,4-6,8-10,13H2,1-3H3. The Kier molecular flexibility index (Phi) is 7.44. The lowest BCUT2D eigenvalue weighted by Gasteiger charge is -2.17. The van der Waals surface area contributed by atoms with Crippen LogP contribution in [-0.4, -0.2) is 19.8 Å². The fourth-order valence-electron chi connectivity index (χ4n) is 2.84. The quantitative estimate of drug-likeness (QED) is 0.494. The molecular weight excluding hydrogens is 354 g/mol. The zero-order valence-corrected chi connectivity index (χ0v) is 16.0. The molecule has 1 aliphatic rings. The lowest BCUT2D eigenvalue weighted by Crippen LogP contribution is -2.16. The molecule has 0 fully saturated rings. The van der Waals surface area contributed by atoms with Crippen molar-refractivity contribution in [3.05, 3.63) is 33.8 Å².